The van der Waals surface area contributed by atoms with Gasteiger partial charge in [-0.25, -0.2) is 4.39 Å². The molecule has 0 fully saturated rings. The molecule has 0 spiro atoms. The van der Waals surface area contributed by atoms with E-state index in [-0.39, 0.29) is 17.4 Å². The third-order valence-corrected chi connectivity index (χ3v) is 4.11. The summed E-state index contributed by atoms with van der Waals surface area (Å²) in [5.74, 6) is 0.245. The Morgan fingerprint density at radius 1 is 1.33 bits per heavy atom. The Hall–Kier alpha value is -1.65. The van der Waals surface area contributed by atoms with Crippen LogP contribution in [0.2, 0.25) is 0 Å². The highest BCUT2D eigenvalue weighted by atomic mass is 32.1. The SMILES string of the molecule is Cc1ccsc1C(N)c1cc2cccc(F)c2o1. The predicted octanol–water partition coefficient (Wildman–Crippen LogP) is 3.99. The van der Waals surface area contributed by atoms with Crippen molar-refractivity contribution in [1.82, 2.24) is 0 Å². The molecule has 0 saturated carbocycles. The third-order valence-electron chi connectivity index (χ3n) is 3.01. The zero-order valence-electron chi connectivity index (χ0n) is 9.81. The summed E-state index contributed by atoms with van der Waals surface area (Å²) in [6, 6.07) is 8.36. The van der Waals surface area contributed by atoms with E-state index in [0.29, 0.717) is 5.76 Å². The third kappa shape index (κ3) is 1.74. The summed E-state index contributed by atoms with van der Waals surface area (Å²) in [4.78, 5) is 1.05. The Kier molecular flexibility index (Phi) is 2.69. The fourth-order valence-corrected chi connectivity index (χ4v) is 2.97. The molecule has 18 heavy (non-hydrogen) atoms. The lowest BCUT2D eigenvalue weighted by atomic mass is 10.1. The maximum absolute atomic E-state index is 13.6. The molecule has 2 nitrogen and oxygen atoms in total. The number of nitrogens with two attached hydrogens (primary N) is 1. The van der Waals surface area contributed by atoms with E-state index in [9.17, 15) is 4.39 Å². The first kappa shape index (κ1) is 11.4. The van der Waals surface area contributed by atoms with Gasteiger partial charge >= 0.3 is 0 Å². The normalized spacial score (nSPS) is 13.1. The van der Waals surface area contributed by atoms with E-state index < -0.39 is 0 Å². The number of hydrogen-bond donors (Lipinski definition) is 1. The van der Waals surface area contributed by atoms with E-state index >= 15 is 0 Å². The zero-order valence-corrected chi connectivity index (χ0v) is 10.6. The second kappa shape index (κ2) is 4.23. The van der Waals surface area contributed by atoms with Crippen LogP contribution in [0.4, 0.5) is 4.39 Å². The van der Waals surface area contributed by atoms with Crippen LogP contribution in [0, 0.1) is 12.7 Å². The highest BCUT2D eigenvalue weighted by Crippen LogP contribution is 2.31. The first-order valence-corrected chi connectivity index (χ1v) is 6.52. The molecule has 1 unspecified atom stereocenters. The Bertz CT molecular complexity index is 701. The summed E-state index contributed by atoms with van der Waals surface area (Å²) in [5, 5.41) is 2.74. The number of benzene rings is 1. The zero-order chi connectivity index (χ0) is 12.7. The molecule has 2 aromatic heterocycles. The fourth-order valence-electron chi connectivity index (χ4n) is 2.03. The van der Waals surface area contributed by atoms with Crippen molar-refractivity contribution >= 4 is 22.3 Å². The first-order chi connectivity index (χ1) is 8.66. The fraction of sp³-hybridized carbons (Fsp3) is 0.143. The van der Waals surface area contributed by atoms with Gasteiger partial charge in [0, 0.05) is 10.3 Å². The largest absolute Gasteiger partial charge is 0.456 e. The van der Waals surface area contributed by atoms with Gasteiger partial charge in [-0.3, -0.25) is 0 Å². The molecule has 3 rings (SSSR count). The van der Waals surface area contributed by atoms with Crippen LogP contribution in [0.25, 0.3) is 11.0 Å². The van der Waals surface area contributed by atoms with Crippen molar-refractivity contribution in [2.45, 2.75) is 13.0 Å². The highest BCUT2D eigenvalue weighted by molar-refractivity contribution is 7.10. The molecule has 0 aliphatic heterocycles. The standard InChI is InChI=1S/C14H12FNOS/c1-8-5-6-18-14(8)12(16)11-7-9-3-2-4-10(15)13(9)17-11/h2-7,12H,16H2,1H3. The van der Waals surface area contributed by atoms with Gasteiger partial charge in [0.2, 0.25) is 0 Å². The molecule has 0 amide bonds. The molecule has 2 heterocycles. The van der Waals surface area contributed by atoms with Crippen LogP contribution in [-0.2, 0) is 0 Å². The quantitative estimate of drug-likeness (QED) is 0.757. The van der Waals surface area contributed by atoms with Crippen LogP contribution in [0.15, 0.2) is 40.1 Å². The number of fused-ring (bicyclic) bond motifs is 1. The molecule has 0 saturated heterocycles. The van der Waals surface area contributed by atoms with Gasteiger partial charge in [0.05, 0.1) is 6.04 Å². The maximum Gasteiger partial charge on any atom is 0.169 e. The van der Waals surface area contributed by atoms with Crippen LogP contribution in [0.5, 0.6) is 0 Å². The van der Waals surface area contributed by atoms with Crippen molar-refractivity contribution in [3.05, 3.63) is 57.7 Å². The van der Waals surface area contributed by atoms with Crippen molar-refractivity contribution in [2.24, 2.45) is 5.73 Å². The Morgan fingerprint density at radius 3 is 2.83 bits per heavy atom. The van der Waals surface area contributed by atoms with Gasteiger partial charge < -0.3 is 10.2 Å². The molecule has 0 aliphatic rings. The van der Waals surface area contributed by atoms with Crippen LogP contribution >= 0.6 is 11.3 Å². The minimum absolute atomic E-state index is 0.275. The van der Waals surface area contributed by atoms with Crippen LogP contribution in [-0.4, -0.2) is 0 Å². The summed E-state index contributed by atoms with van der Waals surface area (Å²) in [6.45, 7) is 2.01. The minimum Gasteiger partial charge on any atom is -0.456 e. The molecule has 1 aromatic carbocycles. The Labute approximate surface area is 108 Å². The van der Waals surface area contributed by atoms with E-state index in [1.165, 1.54) is 6.07 Å². The van der Waals surface area contributed by atoms with Gasteiger partial charge in [-0.15, -0.1) is 11.3 Å². The van der Waals surface area contributed by atoms with Crippen molar-refractivity contribution in [2.75, 3.05) is 0 Å². The Morgan fingerprint density at radius 2 is 2.17 bits per heavy atom. The van der Waals surface area contributed by atoms with Crippen LogP contribution in [0.3, 0.4) is 0 Å². The van der Waals surface area contributed by atoms with Crippen molar-refractivity contribution in [3.63, 3.8) is 0 Å². The highest BCUT2D eigenvalue weighted by Gasteiger charge is 2.18. The van der Waals surface area contributed by atoms with Crippen LogP contribution < -0.4 is 5.73 Å². The number of rotatable bonds is 2. The molecular formula is C14H12FNOS. The molecule has 92 valence electrons. The average molecular weight is 261 g/mol. The molecule has 0 bridgehead atoms. The summed E-state index contributed by atoms with van der Waals surface area (Å²) >= 11 is 1.59. The minimum atomic E-state index is -0.353. The number of thiophene rings is 1. The lowest BCUT2D eigenvalue weighted by molar-refractivity contribution is 0.503. The maximum atomic E-state index is 13.6. The predicted molar refractivity (Wildman–Crippen MR) is 71.3 cm³/mol. The Balaban J connectivity index is 2.10. The van der Waals surface area contributed by atoms with Crippen molar-refractivity contribution in [1.29, 1.82) is 0 Å². The van der Waals surface area contributed by atoms with E-state index in [0.717, 1.165) is 15.8 Å². The summed E-state index contributed by atoms with van der Waals surface area (Å²) in [6.07, 6.45) is 0. The first-order valence-electron chi connectivity index (χ1n) is 5.64. The molecule has 1 atom stereocenters. The van der Waals surface area contributed by atoms with Gasteiger partial charge in [-0.05, 0) is 36.1 Å². The molecule has 2 N–H and O–H groups in total. The molecule has 0 radical (unpaired) electrons. The van der Waals surface area contributed by atoms with Gasteiger partial charge in [0.15, 0.2) is 11.4 Å². The molecule has 4 heteroatoms. The van der Waals surface area contributed by atoms with E-state index in [2.05, 4.69) is 0 Å². The van der Waals surface area contributed by atoms with Gasteiger partial charge in [-0.1, -0.05) is 12.1 Å². The topological polar surface area (TPSA) is 39.2 Å². The van der Waals surface area contributed by atoms with E-state index in [4.69, 9.17) is 10.2 Å². The number of furan rings is 1. The van der Waals surface area contributed by atoms with Crippen LogP contribution in [0.1, 0.15) is 22.2 Å². The van der Waals surface area contributed by atoms with Crippen molar-refractivity contribution < 1.29 is 8.81 Å². The van der Waals surface area contributed by atoms with E-state index in [1.54, 1.807) is 17.4 Å². The second-order valence-corrected chi connectivity index (χ2v) is 5.20. The lowest BCUT2D eigenvalue weighted by Crippen LogP contribution is -2.10. The number of aryl methyl sites for hydroxylation is 1. The van der Waals surface area contributed by atoms with Crippen molar-refractivity contribution in [3.8, 4) is 0 Å². The lowest BCUT2D eigenvalue weighted by Gasteiger charge is -2.07. The van der Waals surface area contributed by atoms with E-state index in [1.807, 2.05) is 30.5 Å². The average Bonchev–Trinajstić information content (AvgIpc) is 2.95. The van der Waals surface area contributed by atoms with Gasteiger partial charge in [-0.2, -0.15) is 0 Å². The smallest absolute Gasteiger partial charge is 0.169 e. The molecular weight excluding hydrogens is 249 g/mol. The number of halogens is 1. The summed E-state index contributed by atoms with van der Waals surface area (Å²) in [5.41, 5.74) is 7.58. The van der Waals surface area contributed by atoms with Gasteiger partial charge in [0.1, 0.15) is 5.76 Å². The molecule has 0 aliphatic carbocycles. The number of para-hydroxylation sites is 1. The van der Waals surface area contributed by atoms with Gasteiger partial charge in [0.25, 0.3) is 0 Å². The second-order valence-electron chi connectivity index (χ2n) is 4.25. The summed E-state index contributed by atoms with van der Waals surface area (Å²) < 4.78 is 19.1. The molecule has 3 aromatic rings. The summed E-state index contributed by atoms with van der Waals surface area (Å²) in [7, 11) is 0. The monoisotopic (exact) mass is 261 g/mol. The number of hydrogen-bond acceptors (Lipinski definition) is 3.